The molecule has 62 valence electrons. The number of halogens is 4. The zero-order chi connectivity index (χ0) is 8.78. The fraction of sp³-hybridized carbons (Fsp3) is 1.00. The number of nitroso groups, excluding NO2 is 1. The van der Waals surface area contributed by atoms with Gasteiger partial charge in [-0.3, -0.25) is 0 Å². The largest absolute Gasteiger partial charge is 0.673 e. The summed E-state index contributed by atoms with van der Waals surface area (Å²) in [6, 6.07) is 0. The van der Waals surface area contributed by atoms with E-state index in [1.807, 2.05) is 0 Å². The summed E-state index contributed by atoms with van der Waals surface area (Å²) in [6.45, 7) is 0. The smallest absolute Gasteiger partial charge is 0.418 e. The minimum Gasteiger partial charge on any atom is -0.418 e. The van der Waals surface area contributed by atoms with E-state index in [9.17, 15) is 22.2 Å². The van der Waals surface area contributed by atoms with Gasteiger partial charge >= 0.3 is 7.25 Å². The van der Waals surface area contributed by atoms with Crippen LogP contribution in [0.15, 0.2) is 4.58 Å². The second-order valence-electron chi connectivity index (χ2n) is 1.34. The van der Waals surface area contributed by atoms with Crippen molar-refractivity contribution in [1.82, 2.24) is 0 Å². The van der Waals surface area contributed by atoms with Gasteiger partial charge < -0.3 is 17.3 Å². The van der Waals surface area contributed by atoms with Gasteiger partial charge in [-0.15, -0.1) is 0 Å². The summed E-state index contributed by atoms with van der Waals surface area (Å²) in [5.41, 5.74) is 0. The lowest BCUT2D eigenvalue weighted by Gasteiger charge is -1.94. The molecule has 0 aromatic carbocycles. The van der Waals surface area contributed by atoms with Crippen molar-refractivity contribution in [1.29, 1.82) is 0 Å². The fourth-order valence-electron chi connectivity index (χ4n) is 0. The molecule has 0 atom stereocenters. The highest BCUT2D eigenvalue weighted by atomic mass is 32.2. The lowest BCUT2D eigenvalue weighted by molar-refractivity contribution is 0.368. The molecule has 0 saturated heterocycles. The van der Waals surface area contributed by atoms with E-state index < -0.39 is 7.25 Å². The first-order valence-corrected chi connectivity index (χ1v) is 4.05. The Morgan fingerprint density at radius 1 is 1.20 bits per heavy atom. The molecule has 0 saturated carbocycles. The van der Waals surface area contributed by atoms with Crippen LogP contribution in [0.2, 0.25) is 0 Å². The van der Waals surface area contributed by atoms with Crippen molar-refractivity contribution < 1.29 is 17.3 Å². The fourth-order valence-corrected chi connectivity index (χ4v) is 0. The first kappa shape index (κ1) is 12.4. The average Bonchev–Trinajstić information content (AvgIpc) is 1.61. The van der Waals surface area contributed by atoms with Crippen molar-refractivity contribution in [3.8, 4) is 0 Å². The SMILES string of the molecule is C[S+](C)N=O.F[B-](F)(F)F. The summed E-state index contributed by atoms with van der Waals surface area (Å²) in [7, 11) is -6.00. The predicted molar refractivity (Wildman–Crippen MR) is 35.2 cm³/mol. The molecule has 0 N–H and O–H groups in total. The summed E-state index contributed by atoms with van der Waals surface area (Å²) < 4.78 is 41.7. The topological polar surface area (TPSA) is 29.4 Å². The summed E-state index contributed by atoms with van der Waals surface area (Å²) in [6.07, 6.45) is 3.54. The molecule has 10 heavy (non-hydrogen) atoms. The van der Waals surface area contributed by atoms with E-state index in [0.717, 1.165) is 0 Å². The van der Waals surface area contributed by atoms with Crippen molar-refractivity contribution in [2.24, 2.45) is 4.58 Å². The van der Waals surface area contributed by atoms with E-state index in [0.29, 0.717) is 0 Å². The van der Waals surface area contributed by atoms with Gasteiger partial charge in [0.05, 0.1) is 0 Å². The highest BCUT2D eigenvalue weighted by Gasteiger charge is 2.20. The Bertz CT molecular complexity index is 89.7. The molecule has 0 aromatic heterocycles. The van der Waals surface area contributed by atoms with Gasteiger partial charge in [-0.25, -0.2) is 0 Å². The van der Waals surface area contributed by atoms with Crippen LogP contribution in [0.5, 0.6) is 0 Å². The standard InChI is InChI=1S/C2H6NOS.BF4/c1-5(2)3-4;2-1(3,4)5/h1-2H3;/q+1;-1. The van der Waals surface area contributed by atoms with E-state index >= 15 is 0 Å². The first-order valence-electron chi connectivity index (χ1n) is 2.05. The maximum absolute atomic E-state index is 9.75. The molecule has 8 heteroatoms. The molecule has 0 fully saturated rings. The maximum atomic E-state index is 9.75. The molecule has 0 radical (unpaired) electrons. The van der Waals surface area contributed by atoms with Gasteiger partial charge in [0.2, 0.25) is 0 Å². The van der Waals surface area contributed by atoms with Crippen molar-refractivity contribution in [3.05, 3.63) is 4.91 Å². The lowest BCUT2D eigenvalue weighted by Crippen LogP contribution is -2.02. The monoisotopic (exact) mass is 179 g/mol. The second kappa shape index (κ2) is 5.51. The molecule has 0 spiro atoms. The molecule has 0 aliphatic carbocycles. The molecule has 0 aliphatic heterocycles. The third-order valence-electron chi connectivity index (χ3n) is 0.149. The highest BCUT2D eigenvalue weighted by molar-refractivity contribution is 7.94. The van der Waals surface area contributed by atoms with Crippen LogP contribution in [0.1, 0.15) is 0 Å². The minimum absolute atomic E-state index is 0.253. The van der Waals surface area contributed by atoms with Crippen molar-refractivity contribution in [2.75, 3.05) is 12.5 Å². The van der Waals surface area contributed by atoms with Gasteiger partial charge in [0.1, 0.15) is 12.5 Å². The summed E-state index contributed by atoms with van der Waals surface area (Å²) >= 11 is -0.253. The van der Waals surface area contributed by atoms with Gasteiger partial charge in [0.25, 0.3) is 0 Å². The van der Waals surface area contributed by atoms with E-state index in [2.05, 4.69) is 4.58 Å². The van der Waals surface area contributed by atoms with E-state index in [1.165, 1.54) is 0 Å². The van der Waals surface area contributed by atoms with Gasteiger partial charge in [-0.05, 0) is 0 Å². The predicted octanol–water partition coefficient (Wildman–Crippen LogP) is 1.85. The van der Waals surface area contributed by atoms with Crippen LogP contribution in [-0.2, 0) is 11.1 Å². The minimum atomic E-state index is -6.00. The number of hydrogen-bond donors (Lipinski definition) is 0. The molecule has 0 bridgehead atoms. The molecule has 0 aliphatic rings. The zero-order valence-corrected chi connectivity index (χ0v) is 6.17. The van der Waals surface area contributed by atoms with Crippen LogP contribution < -0.4 is 0 Å². The van der Waals surface area contributed by atoms with Crippen LogP contribution in [0.25, 0.3) is 0 Å². The van der Waals surface area contributed by atoms with Crippen LogP contribution in [0.3, 0.4) is 0 Å². The molecular formula is C2H6BF4NOS. The normalized spacial score (nSPS) is 10.3. The molecule has 0 aromatic rings. The molecular weight excluding hydrogens is 173 g/mol. The number of hydrogen-bond acceptors (Lipinski definition) is 2. The van der Waals surface area contributed by atoms with E-state index in [4.69, 9.17) is 0 Å². The molecule has 0 rings (SSSR count). The molecule has 2 nitrogen and oxygen atoms in total. The van der Waals surface area contributed by atoms with Crippen LogP contribution >= 0.6 is 0 Å². The van der Waals surface area contributed by atoms with Crippen LogP contribution in [0, 0.1) is 4.91 Å². The lowest BCUT2D eigenvalue weighted by atomic mass is 10.3. The maximum Gasteiger partial charge on any atom is 0.673 e. The number of nitrogens with zero attached hydrogens (tertiary/aromatic N) is 1. The van der Waals surface area contributed by atoms with Gasteiger partial charge in [-0.2, -0.15) is 0 Å². The Labute approximate surface area is 58.5 Å². The van der Waals surface area contributed by atoms with Crippen LogP contribution in [-0.4, -0.2) is 19.8 Å². The Hall–Kier alpha value is -0.265. The quantitative estimate of drug-likeness (QED) is 0.261. The zero-order valence-electron chi connectivity index (χ0n) is 5.35. The average molecular weight is 179 g/mol. The van der Waals surface area contributed by atoms with Gasteiger partial charge in [0, 0.05) is 0 Å². The summed E-state index contributed by atoms with van der Waals surface area (Å²) in [4.78, 5) is 9.27. The van der Waals surface area contributed by atoms with Crippen molar-refractivity contribution in [2.45, 2.75) is 0 Å². The summed E-state index contributed by atoms with van der Waals surface area (Å²) in [5, 5.41) is 0. The second-order valence-corrected chi connectivity index (χ2v) is 3.04. The van der Waals surface area contributed by atoms with Crippen molar-refractivity contribution >= 4 is 18.3 Å². The van der Waals surface area contributed by atoms with Crippen LogP contribution in [0.4, 0.5) is 17.3 Å². The Balaban J connectivity index is 0. The number of rotatable bonds is 1. The van der Waals surface area contributed by atoms with E-state index in [1.54, 1.807) is 12.5 Å². The van der Waals surface area contributed by atoms with Gasteiger partial charge in [-0.1, -0.05) is 4.91 Å². The Morgan fingerprint density at radius 3 is 1.30 bits per heavy atom. The van der Waals surface area contributed by atoms with Crippen molar-refractivity contribution in [3.63, 3.8) is 0 Å². The van der Waals surface area contributed by atoms with E-state index in [-0.39, 0.29) is 11.1 Å². The molecule has 0 amide bonds. The summed E-state index contributed by atoms with van der Waals surface area (Å²) in [5.74, 6) is 0. The molecule has 0 unspecified atom stereocenters. The third kappa shape index (κ3) is 117. The Kier molecular flexibility index (Phi) is 6.85. The third-order valence-corrected chi connectivity index (χ3v) is 0.447. The highest BCUT2D eigenvalue weighted by Crippen LogP contribution is 2.06. The molecule has 0 heterocycles. The van der Waals surface area contributed by atoms with Gasteiger partial charge in [0.15, 0.2) is 15.7 Å². The Morgan fingerprint density at radius 2 is 1.30 bits per heavy atom. The first-order chi connectivity index (χ1) is 4.27.